The maximum absolute atomic E-state index is 12.9. The van der Waals surface area contributed by atoms with Crippen molar-refractivity contribution < 1.29 is 9.59 Å². The van der Waals surface area contributed by atoms with E-state index in [2.05, 4.69) is 17.2 Å². The van der Waals surface area contributed by atoms with Gasteiger partial charge in [-0.25, -0.2) is 0 Å². The third-order valence-electron chi connectivity index (χ3n) is 5.34. The molecule has 1 aromatic heterocycles. The van der Waals surface area contributed by atoms with Crippen LogP contribution in [0.5, 0.6) is 0 Å². The molecule has 2 heterocycles. The van der Waals surface area contributed by atoms with Crippen molar-refractivity contribution in [3.05, 3.63) is 53.9 Å². The summed E-state index contributed by atoms with van der Waals surface area (Å²) in [5.74, 6) is 0.761. The molecule has 2 aromatic rings. The minimum atomic E-state index is 0.0470. The molecule has 1 aliphatic carbocycles. The zero-order valence-corrected chi connectivity index (χ0v) is 14.4. The molecule has 1 aromatic carbocycles. The Hall–Kier alpha value is -2.56. The molecule has 2 N–H and O–H groups in total. The molecule has 1 saturated carbocycles. The first-order chi connectivity index (χ1) is 12.1. The van der Waals surface area contributed by atoms with Crippen molar-refractivity contribution in [2.24, 2.45) is 11.8 Å². The summed E-state index contributed by atoms with van der Waals surface area (Å²) in [5, 5.41) is 2.93. The van der Waals surface area contributed by atoms with Crippen LogP contribution >= 0.6 is 0 Å². The van der Waals surface area contributed by atoms with Gasteiger partial charge in [-0.3, -0.25) is 9.59 Å². The second-order valence-corrected chi connectivity index (χ2v) is 7.17. The number of benzene rings is 1. The van der Waals surface area contributed by atoms with E-state index < -0.39 is 0 Å². The average molecular weight is 337 g/mol. The summed E-state index contributed by atoms with van der Waals surface area (Å²) in [7, 11) is 0. The standard InChI is InChI=1S/C20H23N3O2/c1-13-12-16(13)19(24)22-15-8-6-14(7-9-15)20(25)23-11-3-5-18(23)17-4-2-10-21-17/h2,4,6-10,13,16,18,21H,3,5,11-12H2,1H3,(H,22,24)/t13-,16-,18-/m1/s1. The zero-order valence-electron chi connectivity index (χ0n) is 14.4. The van der Waals surface area contributed by atoms with E-state index in [0.29, 0.717) is 11.5 Å². The SMILES string of the molecule is C[C@@H]1C[C@H]1C(=O)Nc1ccc(C(=O)N2CCC[C@@H]2c2ccc[nH]2)cc1. The highest BCUT2D eigenvalue weighted by molar-refractivity contribution is 5.97. The molecule has 3 atom stereocenters. The molecule has 2 aliphatic rings. The fraction of sp³-hybridized carbons (Fsp3) is 0.400. The van der Waals surface area contributed by atoms with Gasteiger partial charge in [0.05, 0.1) is 6.04 Å². The minimum Gasteiger partial charge on any atom is -0.363 e. The van der Waals surface area contributed by atoms with Crippen LogP contribution in [0.25, 0.3) is 0 Å². The number of hydrogen-bond donors (Lipinski definition) is 2. The van der Waals surface area contributed by atoms with Crippen molar-refractivity contribution in [1.82, 2.24) is 9.88 Å². The van der Waals surface area contributed by atoms with Crippen molar-refractivity contribution in [3.8, 4) is 0 Å². The molecule has 0 spiro atoms. The first kappa shape index (κ1) is 15.9. The van der Waals surface area contributed by atoms with Crippen LogP contribution in [0.15, 0.2) is 42.6 Å². The summed E-state index contributed by atoms with van der Waals surface area (Å²) in [5.41, 5.74) is 2.51. The molecule has 5 heteroatoms. The Kier molecular flexibility index (Phi) is 4.07. The van der Waals surface area contributed by atoms with Gasteiger partial charge in [0.1, 0.15) is 0 Å². The highest BCUT2D eigenvalue weighted by Crippen LogP contribution is 2.38. The predicted octanol–water partition coefficient (Wildman–Crippen LogP) is 3.59. The molecular formula is C20H23N3O2. The van der Waals surface area contributed by atoms with Crippen LogP contribution < -0.4 is 5.32 Å². The predicted molar refractivity (Wildman–Crippen MR) is 96.1 cm³/mol. The van der Waals surface area contributed by atoms with Gasteiger partial charge in [0, 0.05) is 35.6 Å². The lowest BCUT2D eigenvalue weighted by Gasteiger charge is -2.24. The Morgan fingerprint density at radius 3 is 2.60 bits per heavy atom. The van der Waals surface area contributed by atoms with E-state index in [9.17, 15) is 9.59 Å². The number of amides is 2. The molecule has 1 aliphatic heterocycles. The summed E-state index contributed by atoms with van der Waals surface area (Å²) >= 11 is 0. The van der Waals surface area contributed by atoms with E-state index in [4.69, 9.17) is 0 Å². The molecule has 1 saturated heterocycles. The molecule has 25 heavy (non-hydrogen) atoms. The Bertz CT molecular complexity index is 767. The molecule has 0 bridgehead atoms. The Balaban J connectivity index is 1.44. The molecule has 2 amide bonds. The maximum atomic E-state index is 12.9. The van der Waals surface area contributed by atoms with Gasteiger partial charge in [-0.1, -0.05) is 6.92 Å². The molecular weight excluding hydrogens is 314 g/mol. The van der Waals surface area contributed by atoms with E-state index >= 15 is 0 Å². The molecule has 2 fully saturated rings. The van der Waals surface area contributed by atoms with Gasteiger partial charge in [0.2, 0.25) is 5.91 Å². The van der Waals surface area contributed by atoms with Crippen LogP contribution in [0.1, 0.15) is 48.3 Å². The highest BCUT2D eigenvalue weighted by Gasteiger charge is 2.39. The number of rotatable bonds is 4. The third-order valence-corrected chi connectivity index (χ3v) is 5.34. The van der Waals surface area contributed by atoms with Crippen LogP contribution in [0.3, 0.4) is 0 Å². The minimum absolute atomic E-state index is 0.0470. The van der Waals surface area contributed by atoms with Crippen LogP contribution in [-0.4, -0.2) is 28.2 Å². The van der Waals surface area contributed by atoms with Gasteiger partial charge < -0.3 is 15.2 Å². The topological polar surface area (TPSA) is 65.2 Å². The number of aromatic amines is 1. The fourth-order valence-corrected chi connectivity index (χ4v) is 3.67. The van der Waals surface area contributed by atoms with Crippen LogP contribution in [0, 0.1) is 11.8 Å². The van der Waals surface area contributed by atoms with Crippen molar-refractivity contribution in [2.75, 3.05) is 11.9 Å². The quantitative estimate of drug-likeness (QED) is 0.895. The summed E-state index contributed by atoms with van der Waals surface area (Å²) in [4.78, 5) is 30.0. The molecule has 5 nitrogen and oxygen atoms in total. The first-order valence-corrected chi connectivity index (χ1v) is 8.98. The van der Waals surface area contributed by atoms with E-state index in [-0.39, 0.29) is 23.8 Å². The van der Waals surface area contributed by atoms with Gasteiger partial charge in [-0.15, -0.1) is 0 Å². The van der Waals surface area contributed by atoms with Gasteiger partial charge in [0.15, 0.2) is 0 Å². The van der Waals surface area contributed by atoms with Crippen LogP contribution in [-0.2, 0) is 4.79 Å². The number of nitrogens with one attached hydrogen (secondary N) is 2. The Morgan fingerprint density at radius 1 is 1.20 bits per heavy atom. The van der Waals surface area contributed by atoms with Crippen molar-refractivity contribution >= 4 is 17.5 Å². The van der Waals surface area contributed by atoms with Gasteiger partial charge in [0.25, 0.3) is 5.91 Å². The van der Waals surface area contributed by atoms with Crippen molar-refractivity contribution in [3.63, 3.8) is 0 Å². The molecule has 4 rings (SSSR count). The van der Waals surface area contributed by atoms with Crippen molar-refractivity contribution in [1.29, 1.82) is 0 Å². The highest BCUT2D eigenvalue weighted by atomic mass is 16.2. The number of hydrogen-bond acceptors (Lipinski definition) is 2. The summed E-state index contributed by atoms with van der Waals surface area (Å²) in [6, 6.07) is 11.4. The summed E-state index contributed by atoms with van der Waals surface area (Å²) < 4.78 is 0. The Labute approximate surface area is 147 Å². The monoisotopic (exact) mass is 337 g/mol. The second-order valence-electron chi connectivity index (χ2n) is 7.17. The zero-order chi connectivity index (χ0) is 17.4. The number of carbonyl (C=O) groups excluding carboxylic acids is 2. The normalized spacial score (nSPS) is 25.0. The third kappa shape index (κ3) is 3.18. The number of aromatic nitrogens is 1. The van der Waals surface area contributed by atoms with Gasteiger partial charge in [-0.05, 0) is 61.6 Å². The van der Waals surface area contributed by atoms with Crippen molar-refractivity contribution in [2.45, 2.75) is 32.2 Å². The average Bonchev–Trinajstić information content (AvgIpc) is 3.04. The lowest BCUT2D eigenvalue weighted by Crippen LogP contribution is -2.30. The molecule has 130 valence electrons. The first-order valence-electron chi connectivity index (χ1n) is 8.98. The number of likely N-dealkylation sites (tertiary alicyclic amines) is 1. The lowest BCUT2D eigenvalue weighted by molar-refractivity contribution is -0.117. The maximum Gasteiger partial charge on any atom is 0.254 e. The van der Waals surface area contributed by atoms with Gasteiger partial charge >= 0.3 is 0 Å². The number of H-pyrrole nitrogens is 1. The van der Waals surface area contributed by atoms with E-state index in [1.54, 1.807) is 12.1 Å². The van der Waals surface area contributed by atoms with Crippen LogP contribution in [0.4, 0.5) is 5.69 Å². The number of nitrogens with zero attached hydrogens (tertiary/aromatic N) is 1. The molecule has 0 unspecified atom stereocenters. The number of anilines is 1. The smallest absolute Gasteiger partial charge is 0.254 e. The Morgan fingerprint density at radius 2 is 1.96 bits per heavy atom. The lowest BCUT2D eigenvalue weighted by atomic mass is 10.1. The fourth-order valence-electron chi connectivity index (χ4n) is 3.67. The van der Waals surface area contributed by atoms with Gasteiger partial charge in [-0.2, -0.15) is 0 Å². The van der Waals surface area contributed by atoms with E-state index in [1.807, 2.05) is 35.4 Å². The van der Waals surface area contributed by atoms with Crippen LogP contribution in [0.2, 0.25) is 0 Å². The van der Waals surface area contributed by atoms with E-state index in [0.717, 1.165) is 37.2 Å². The molecule has 0 radical (unpaired) electrons. The summed E-state index contributed by atoms with van der Waals surface area (Å²) in [6.07, 6.45) is 4.87. The number of carbonyl (C=O) groups is 2. The largest absolute Gasteiger partial charge is 0.363 e. The summed E-state index contributed by atoms with van der Waals surface area (Å²) in [6.45, 7) is 2.86. The van der Waals surface area contributed by atoms with E-state index in [1.165, 1.54) is 0 Å². The second kappa shape index (κ2) is 6.39.